The average Bonchev–Trinajstić information content (AvgIpc) is 3.41. The van der Waals surface area contributed by atoms with E-state index in [-0.39, 0.29) is 17.3 Å². The van der Waals surface area contributed by atoms with Crippen LogP contribution in [-0.4, -0.2) is 30.1 Å². The number of carbonyl (C=O) groups excluding carboxylic acids is 1. The van der Waals surface area contributed by atoms with Gasteiger partial charge in [0.15, 0.2) is 17.3 Å². The topological polar surface area (TPSA) is 71.6 Å². The van der Waals surface area contributed by atoms with Crippen molar-refractivity contribution >= 4 is 23.0 Å². The molecule has 0 saturated heterocycles. The van der Waals surface area contributed by atoms with E-state index in [1.807, 2.05) is 13.0 Å². The summed E-state index contributed by atoms with van der Waals surface area (Å²) in [5, 5.41) is 10.2. The van der Waals surface area contributed by atoms with Crippen molar-refractivity contribution in [2.24, 2.45) is 0 Å². The molecule has 1 aliphatic carbocycles. The number of H-pyrrole nitrogens is 1. The second-order valence-corrected chi connectivity index (χ2v) is 7.65. The van der Waals surface area contributed by atoms with Gasteiger partial charge in [0.1, 0.15) is 5.82 Å². The maximum Gasteiger partial charge on any atom is 0.200 e. The Hall–Kier alpha value is -3.80. The number of phenols is 1. The van der Waals surface area contributed by atoms with Crippen LogP contribution in [0.4, 0.5) is 4.39 Å². The Kier molecular flexibility index (Phi) is 5.86. The molecule has 2 N–H and O–H groups in total. The van der Waals surface area contributed by atoms with Gasteiger partial charge in [-0.2, -0.15) is 0 Å². The smallest absolute Gasteiger partial charge is 0.200 e. The molecule has 0 fully saturated rings. The molecule has 164 valence electrons. The second-order valence-electron chi connectivity index (χ2n) is 7.65. The lowest BCUT2D eigenvalue weighted by molar-refractivity contribution is 0.0984. The summed E-state index contributed by atoms with van der Waals surface area (Å²) in [6, 6.07) is 9.90. The fraction of sp³-hybridized carbons (Fsp3) is 0.192. The molecule has 1 aliphatic rings. The maximum atomic E-state index is 14.1. The van der Waals surface area contributed by atoms with Crippen molar-refractivity contribution in [1.82, 2.24) is 4.98 Å². The van der Waals surface area contributed by atoms with E-state index in [9.17, 15) is 14.3 Å². The molecule has 1 aromatic heterocycles. The SMILES string of the molecule is COc1cc(/C=C2/C(C)=C(CCC(=O)c3cc[nH]c3)c3cc(F)ccc32)cc(OC)c1O. The van der Waals surface area contributed by atoms with Gasteiger partial charge in [-0.25, -0.2) is 4.39 Å². The molecule has 0 amide bonds. The normalized spacial score (nSPS) is 14.1. The molecular formula is C26H24FNO4. The van der Waals surface area contributed by atoms with Gasteiger partial charge in [0.25, 0.3) is 0 Å². The quantitative estimate of drug-likeness (QED) is 0.457. The van der Waals surface area contributed by atoms with E-state index in [0.29, 0.717) is 29.9 Å². The number of hydrogen-bond donors (Lipinski definition) is 2. The number of nitrogens with one attached hydrogen (secondary N) is 1. The van der Waals surface area contributed by atoms with Crippen LogP contribution >= 0.6 is 0 Å². The predicted octanol–water partition coefficient (Wildman–Crippen LogP) is 5.87. The average molecular weight is 433 g/mol. The lowest BCUT2D eigenvalue weighted by Gasteiger charge is -2.11. The van der Waals surface area contributed by atoms with E-state index >= 15 is 0 Å². The largest absolute Gasteiger partial charge is 0.502 e. The van der Waals surface area contributed by atoms with Crippen molar-refractivity contribution < 1.29 is 23.8 Å². The highest BCUT2D eigenvalue weighted by molar-refractivity contribution is 6.06. The van der Waals surface area contributed by atoms with Crippen LogP contribution in [0.1, 0.15) is 46.8 Å². The fourth-order valence-corrected chi connectivity index (χ4v) is 4.12. The van der Waals surface area contributed by atoms with Crippen LogP contribution in [0, 0.1) is 5.82 Å². The molecule has 0 unspecified atom stereocenters. The minimum absolute atomic E-state index is 0.0370. The number of hydrogen-bond acceptors (Lipinski definition) is 4. The summed E-state index contributed by atoms with van der Waals surface area (Å²) in [4.78, 5) is 15.4. The number of halogens is 1. The molecule has 4 rings (SSSR count). The summed E-state index contributed by atoms with van der Waals surface area (Å²) >= 11 is 0. The summed E-state index contributed by atoms with van der Waals surface area (Å²) in [6.07, 6.45) is 6.19. The fourth-order valence-electron chi connectivity index (χ4n) is 4.12. The number of ketones is 1. The number of aromatic amines is 1. The molecule has 0 aliphatic heterocycles. The number of fused-ring (bicyclic) bond motifs is 1. The lowest BCUT2D eigenvalue weighted by Crippen LogP contribution is -1.98. The van der Waals surface area contributed by atoms with E-state index in [2.05, 4.69) is 4.98 Å². The maximum absolute atomic E-state index is 14.1. The van der Waals surface area contributed by atoms with E-state index in [1.165, 1.54) is 26.4 Å². The van der Waals surface area contributed by atoms with Crippen molar-refractivity contribution in [3.8, 4) is 17.2 Å². The zero-order chi connectivity index (χ0) is 22.8. The first-order valence-electron chi connectivity index (χ1n) is 10.3. The Labute approximate surface area is 185 Å². The Morgan fingerprint density at radius 3 is 2.44 bits per heavy atom. The molecule has 2 aromatic carbocycles. The summed E-state index contributed by atoms with van der Waals surface area (Å²) in [6.45, 7) is 1.98. The Bertz CT molecular complexity index is 1210. The van der Waals surface area contributed by atoms with Gasteiger partial charge in [0, 0.05) is 24.4 Å². The molecule has 32 heavy (non-hydrogen) atoms. The number of ether oxygens (including phenoxy) is 2. The Morgan fingerprint density at radius 1 is 1.09 bits per heavy atom. The Morgan fingerprint density at radius 2 is 1.81 bits per heavy atom. The third-order valence-corrected chi connectivity index (χ3v) is 5.79. The van der Waals surface area contributed by atoms with Crippen molar-refractivity contribution in [2.75, 3.05) is 14.2 Å². The molecule has 0 atom stereocenters. The number of carbonyl (C=O) groups is 1. The van der Waals surface area contributed by atoms with Crippen molar-refractivity contribution in [1.29, 1.82) is 0 Å². The first-order valence-corrected chi connectivity index (χ1v) is 10.3. The lowest BCUT2D eigenvalue weighted by atomic mass is 9.98. The highest BCUT2D eigenvalue weighted by atomic mass is 19.1. The molecule has 0 spiro atoms. The second kappa shape index (κ2) is 8.75. The van der Waals surface area contributed by atoms with Gasteiger partial charge in [-0.3, -0.25) is 4.79 Å². The van der Waals surface area contributed by atoms with Crippen molar-refractivity contribution in [3.63, 3.8) is 0 Å². The third kappa shape index (κ3) is 3.91. The molecular weight excluding hydrogens is 409 g/mol. The monoisotopic (exact) mass is 433 g/mol. The summed E-state index contributed by atoms with van der Waals surface area (Å²) in [5.74, 6) is 0.248. The van der Waals surface area contributed by atoms with Crippen LogP contribution in [0.5, 0.6) is 17.2 Å². The van der Waals surface area contributed by atoms with Crippen molar-refractivity contribution in [2.45, 2.75) is 19.8 Å². The van der Waals surface area contributed by atoms with Crippen LogP contribution in [-0.2, 0) is 0 Å². The molecule has 0 saturated carbocycles. The van der Waals surface area contributed by atoms with E-state index in [1.54, 1.807) is 36.7 Å². The van der Waals surface area contributed by atoms with E-state index in [0.717, 1.165) is 33.4 Å². The number of benzene rings is 2. The zero-order valence-electron chi connectivity index (χ0n) is 18.2. The van der Waals surface area contributed by atoms with Crippen LogP contribution < -0.4 is 9.47 Å². The van der Waals surface area contributed by atoms with Crippen LogP contribution in [0.15, 0.2) is 54.4 Å². The first kappa shape index (κ1) is 21.4. The Balaban J connectivity index is 1.75. The summed E-state index contributed by atoms with van der Waals surface area (Å²) in [5.41, 5.74) is 5.97. The predicted molar refractivity (Wildman–Crippen MR) is 122 cm³/mol. The highest BCUT2D eigenvalue weighted by Crippen LogP contribution is 2.45. The molecule has 5 nitrogen and oxygen atoms in total. The molecule has 1 heterocycles. The number of rotatable bonds is 7. The van der Waals surface area contributed by atoms with Gasteiger partial charge in [0.05, 0.1) is 14.2 Å². The highest BCUT2D eigenvalue weighted by Gasteiger charge is 2.25. The van der Waals surface area contributed by atoms with E-state index in [4.69, 9.17) is 9.47 Å². The van der Waals surface area contributed by atoms with Crippen molar-refractivity contribution in [3.05, 3.63) is 82.4 Å². The number of aromatic hydroxyl groups is 1. The summed E-state index contributed by atoms with van der Waals surface area (Å²) < 4.78 is 24.6. The standard InChI is InChI=1S/C26H24FNO4/c1-15-19(6-7-23(29)17-8-9-28-14-17)22-13-18(27)4-5-20(22)21(15)10-16-11-24(31-2)26(30)25(12-16)32-3/h4-5,8-14,28,30H,6-7H2,1-3H3/b21-10-. The molecule has 0 bridgehead atoms. The van der Waals surface area contributed by atoms with Gasteiger partial charge in [-0.05, 0) is 83.2 Å². The first-order chi connectivity index (χ1) is 15.4. The van der Waals surface area contributed by atoms with E-state index < -0.39 is 0 Å². The molecule has 6 heteroatoms. The van der Waals surface area contributed by atoms with Crippen LogP contribution in [0.2, 0.25) is 0 Å². The van der Waals surface area contributed by atoms with Gasteiger partial charge < -0.3 is 19.6 Å². The minimum atomic E-state index is -0.319. The van der Waals surface area contributed by atoms with Gasteiger partial charge in [-0.15, -0.1) is 0 Å². The zero-order valence-corrected chi connectivity index (χ0v) is 18.2. The van der Waals surface area contributed by atoms with Gasteiger partial charge >= 0.3 is 0 Å². The number of allylic oxidation sites excluding steroid dienone is 3. The summed E-state index contributed by atoms with van der Waals surface area (Å²) in [7, 11) is 2.95. The van der Waals surface area contributed by atoms with Crippen LogP contribution in [0.25, 0.3) is 17.2 Å². The van der Waals surface area contributed by atoms with Gasteiger partial charge in [0.2, 0.25) is 5.75 Å². The minimum Gasteiger partial charge on any atom is -0.502 e. The molecule has 0 radical (unpaired) electrons. The van der Waals surface area contributed by atoms with Gasteiger partial charge in [-0.1, -0.05) is 6.07 Å². The molecule has 3 aromatic rings. The number of aromatic nitrogens is 1. The number of phenolic OH excluding ortho intramolecular Hbond substituents is 1. The number of methoxy groups -OCH3 is 2. The number of Topliss-reactive ketones (excluding diaryl/α,β-unsaturated/α-hetero) is 1. The third-order valence-electron chi connectivity index (χ3n) is 5.79. The van der Waals surface area contributed by atoms with Crippen LogP contribution in [0.3, 0.4) is 0 Å².